The molecule has 4 heteroatoms. The predicted octanol–water partition coefficient (Wildman–Crippen LogP) is 2.52. The molecule has 0 saturated carbocycles. The maximum atomic E-state index is 11.3. The molecule has 1 rings (SSSR count). The number of carbonyl (C=O) groups excluding carboxylic acids is 1. The number of amides is 1. The summed E-state index contributed by atoms with van der Waals surface area (Å²) < 4.78 is 0. The highest BCUT2D eigenvalue weighted by Crippen LogP contribution is 2.13. The van der Waals surface area contributed by atoms with Gasteiger partial charge in [0, 0.05) is 18.0 Å². The van der Waals surface area contributed by atoms with Crippen molar-refractivity contribution >= 4 is 22.4 Å². The molecule has 0 bridgehead atoms. The van der Waals surface area contributed by atoms with Crippen LogP contribution in [0.2, 0.25) is 0 Å². The van der Waals surface area contributed by atoms with Crippen LogP contribution in [0.25, 0.3) is 0 Å². The van der Waals surface area contributed by atoms with Gasteiger partial charge < -0.3 is 5.32 Å². The summed E-state index contributed by atoms with van der Waals surface area (Å²) in [6, 6.07) is 0. The molecule has 1 aromatic heterocycles. The van der Waals surface area contributed by atoms with Crippen molar-refractivity contribution < 1.29 is 4.79 Å². The third-order valence-corrected chi connectivity index (χ3v) is 2.60. The van der Waals surface area contributed by atoms with Crippen molar-refractivity contribution in [1.82, 2.24) is 4.98 Å². The Kier molecular flexibility index (Phi) is 3.89. The third kappa shape index (κ3) is 3.55. The number of nitrogens with one attached hydrogen (secondary N) is 1. The minimum atomic E-state index is 0.0595. The summed E-state index contributed by atoms with van der Waals surface area (Å²) in [5.74, 6) is 0.504. The molecule has 0 radical (unpaired) electrons. The maximum absolute atomic E-state index is 11.3. The normalized spacial score (nSPS) is 12.5. The largest absolute Gasteiger partial charge is 0.302 e. The average molecular weight is 198 g/mol. The molecule has 0 spiro atoms. The lowest BCUT2D eigenvalue weighted by atomic mass is 10.1. The molecule has 13 heavy (non-hydrogen) atoms. The van der Waals surface area contributed by atoms with Gasteiger partial charge in [-0.2, -0.15) is 0 Å². The van der Waals surface area contributed by atoms with E-state index in [1.807, 2.05) is 5.38 Å². The van der Waals surface area contributed by atoms with Gasteiger partial charge in [-0.15, -0.1) is 11.3 Å². The number of carbonyl (C=O) groups is 1. The third-order valence-electron chi connectivity index (χ3n) is 1.91. The Morgan fingerprint density at radius 3 is 3.08 bits per heavy atom. The van der Waals surface area contributed by atoms with Crippen LogP contribution in [0, 0.1) is 5.92 Å². The fourth-order valence-electron chi connectivity index (χ4n) is 0.916. The van der Waals surface area contributed by atoms with E-state index in [0.717, 1.165) is 6.42 Å². The molecule has 0 saturated heterocycles. The lowest BCUT2D eigenvalue weighted by molar-refractivity contribution is -0.117. The van der Waals surface area contributed by atoms with Crippen LogP contribution < -0.4 is 5.32 Å². The molecular weight excluding hydrogens is 184 g/mol. The first kappa shape index (κ1) is 10.2. The molecule has 1 heterocycles. The summed E-state index contributed by atoms with van der Waals surface area (Å²) in [6.07, 6.45) is 3.30. The Balaban J connectivity index is 2.34. The van der Waals surface area contributed by atoms with E-state index in [2.05, 4.69) is 24.1 Å². The molecule has 1 atom stereocenters. The SMILES string of the molecule is CCC(C)CC(=O)Nc1nccs1. The topological polar surface area (TPSA) is 42.0 Å². The van der Waals surface area contributed by atoms with Crippen LogP contribution in [-0.2, 0) is 4.79 Å². The van der Waals surface area contributed by atoms with E-state index in [1.54, 1.807) is 6.20 Å². The molecule has 1 amide bonds. The number of anilines is 1. The number of hydrogen-bond donors (Lipinski definition) is 1. The van der Waals surface area contributed by atoms with Crippen LogP contribution in [0.5, 0.6) is 0 Å². The zero-order valence-corrected chi connectivity index (χ0v) is 8.73. The van der Waals surface area contributed by atoms with Crippen molar-refractivity contribution in [2.75, 3.05) is 5.32 Å². The fraction of sp³-hybridized carbons (Fsp3) is 0.556. The van der Waals surface area contributed by atoms with Crippen LogP contribution in [0.15, 0.2) is 11.6 Å². The summed E-state index contributed by atoms with van der Waals surface area (Å²) in [5, 5.41) is 5.29. The van der Waals surface area contributed by atoms with Gasteiger partial charge in [0.25, 0.3) is 0 Å². The summed E-state index contributed by atoms with van der Waals surface area (Å²) in [4.78, 5) is 15.3. The van der Waals surface area contributed by atoms with Crippen molar-refractivity contribution in [3.63, 3.8) is 0 Å². The second-order valence-electron chi connectivity index (χ2n) is 3.10. The van der Waals surface area contributed by atoms with Crippen LogP contribution in [-0.4, -0.2) is 10.9 Å². The number of rotatable bonds is 4. The molecule has 72 valence electrons. The Morgan fingerprint density at radius 2 is 2.54 bits per heavy atom. The zero-order valence-electron chi connectivity index (χ0n) is 7.91. The first-order chi connectivity index (χ1) is 6.22. The van der Waals surface area contributed by atoms with Gasteiger partial charge in [-0.25, -0.2) is 4.98 Å². The van der Waals surface area contributed by atoms with Crippen molar-refractivity contribution in [2.24, 2.45) is 5.92 Å². The molecule has 1 aromatic rings. The molecule has 1 N–H and O–H groups in total. The molecule has 3 nitrogen and oxygen atoms in total. The number of thiazole rings is 1. The lowest BCUT2D eigenvalue weighted by Crippen LogP contribution is -2.14. The average Bonchev–Trinajstić information content (AvgIpc) is 2.56. The zero-order chi connectivity index (χ0) is 9.68. The summed E-state index contributed by atoms with van der Waals surface area (Å²) in [6.45, 7) is 4.16. The highest BCUT2D eigenvalue weighted by Gasteiger charge is 2.07. The van der Waals surface area contributed by atoms with Crippen LogP contribution in [0.3, 0.4) is 0 Å². The second kappa shape index (κ2) is 4.97. The van der Waals surface area contributed by atoms with Crippen LogP contribution in [0.1, 0.15) is 26.7 Å². The van der Waals surface area contributed by atoms with Gasteiger partial charge in [0.1, 0.15) is 0 Å². The molecule has 0 fully saturated rings. The van der Waals surface area contributed by atoms with Crippen LogP contribution >= 0.6 is 11.3 Å². The van der Waals surface area contributed by atoms with Gasteiger partial charge in [-0.3, -0.25) is 4.79 Å². The first-order valence-electron chi connectivity index (χ1n) is 4.41. The molecule has 1 unspecified atom stereocenters. The first-order valence-corrected chi connectivity index (χ1v) is 5.29. The standard InChI is InChI=1S/C9H14N2OS/c1-3-7(2)6-8(12)11-9-10-4-5-13-9/h4-5,7H,3,6H2,1-2H3,(H,10,11,12). The van der Waals surface area contributed by atoms with E-state index < -0.39 is 0 Å². The Hall–Kier alpha value is -0.900. The molecule has 0 aliphatic carbocycles. The lowest BCUT2D eigenvalue weighted by Gasteiger charge is -2.06. The number of nitrogens with zero attached hydrogens (tertiary/aromatic N) is 1. The van der Waals surface area contributed by atoms with E-state index in [-0.39, 0.29) is 5.91 Å². The predicted molar refractivity (Wildman–Crippen MR) is 54.8 cm³/mol. The van der Waals surface area contributed by atoms with Crippen molar-refractivity contribution in [3.8, 4) is 0 Å². The molecule has 0 aliphatic heterocycles. The quantitative estimate of drug-likeness (QED) is 0.807. The summed E-state index contributed by atoms with van der Waals surface area (Å²) in [7, 11) is 0. The van der Waals surface area contributed by atoms with Crippen LogP contribution in [0.4, 0.5) is 5.13 Å². The van der Waals surface area contributed by atoms with Gasteiger partial charge in [0.05, 0.1) is 0 Å². The Morgan fingerprint density at radius 1 is 1.77 bits per heavy atom. The summed E-state index contributed by atoms with van der Waals surface area (Å²) in [5.41, 5.74) is 0. The smallest absolute Gasteiger partial charge is 0.226 e. The van der Waals surface area contributed by atoms with E-state index in [0.29, 0.717) is 17.5 Å². The Bertz CT molecular complexity index is 259. The molecule has 0 aliphatic rings. The van der Waals surface area contributed by atoms with Crippen molar-refractivity contribution in [3.05, 3.63) is 11.6 Å². The van der Waals surface area contributed by atoms with Crippen molar-refractivity contribution in [2.45, 2.75) is 26.7 Å². The van der Waals surface area contributed by atoms with E-state index in [4.69, 9.17) is 0 Å². The highest BCUT2D eigenvalue weighted by atomic mass is 32.1. The maximum Gasteiger partial charge on any atom is 0.226 e. The van der Waals surface area contributed by atoms with Gasteiger partial charge in [-0.05, 0) is 5.92 Å². The second-order valence-corrected chi connectivity index (χ2v) is 4.00. The van der Waals surface area contributed by atoms with E-state index in [9.17, 15) is 4.79 Å². The van der Waals surface area contributed by atoms with E-state index in [1.165, 1.54) is 11.3 Å². The Labute approximate surface area is 82.2 Å². The minimum Gasteiger partial charge on any atom is -0.302 e. The monoisotopic (exact) mass is 198 g/mol. The minimum absolute atomic E-state index is 0.0595. The highest BCUT2D eigenvalue weighted by molar-refractivity contribution is 7.13. The molecule has 0 aromatic carbocycles. The number of aromatic nitrogens is 1. The van der Waals surface area contributed by atoms with Gasteiger partial charge in [0.15, 0.2) is 5.13 Å². The van der Waals surface area contributed by atoms with Gasteiger partial charge in [0.2, 0.25) is 5.91 Å². The fourth-order valence-corrected chi connectivity index (χ4v) is 1.46. The molecular formula is C9H14N2OS. The summed E-state index contributed by atoms with van der Waals surface area (Å²) >= 11 is 1.44. The van der Waals surface area contributed by atoms with Gasteiger partial charge in [-0.1, -0.05) is 20.3 Å². The number of hydrogen-bond acceptors (Lipinski definition) is 3. The van der Waals surface area contributed by atoms with Crippen molar-refractivity contribution in [1.29, 1.82) is 0 Å². The van der Waals surface area contributed by atoms with Gasteiger partial charge >= 0.3 is 0 Å². The van der Waals surface area contributed by atoms with E-state index >= 15 is 0 Å².